The van der Waals surface area contributed by atoms with Gasteiger partial charge >= 0.3 is 0 Å². The van der Waals surface area contributed by atoms with E-state index in [0.29, 0.717) is 11.1 Å². The van der Waals surface area contributed by atoms with E-state index in [1.165, 1.54) is 16.7 Å². The standard InChI is InChI=1S/C37H40Cl2N4/c1-4-34-27(21-40-22-29-16-12-24(3)41-29)15-17-35(42-34)33-11-7-10-32(37(33)39)31-9-6-8-30(36(31)38)26-13-14-28-23-43(5-2)19-18-25(28)20-26/h6-11,13-15,17,20,29,40-41H,3-5,12,16,18-19,21-23H2,1-2H3. The molecular formula is C37H40Cl2N4. The van der Waals surface area contributed by atoms with Gasteiger partial charge in [-0.1, -0.05) is 104 Å². The van der Waals surface area contributed by atoms with Crippen LogP contribution >= 0.6 is 23.2 Å². The van der Waals surface area contributed by atoms with E-state index in [0.717, 1.165) is 108 Å². The van der Waals surface area contributed by atoms with E-state index in [2.05, 4.69) is 84.5 Å². The number of pyridine rings is 1. The lowest BCUT2D eigenvalue weighted by Gasteiger charge is -2.28. The second-order valence-electron chi connectivity index (χ2n) is 11.7. The normalized spacial score (nSPS) is 16.7. The van der Waals surface area contributed by atoms with Crippen LogP contribution in [0, 0.1) is 0 Å². The van der Waals surface area contributed by atoms with Crippen molar-refractivity contribution < 1.29 is 0 Å². The summed E-state index contributed by atoms with van der Waals surface area (Å²) in [6, 6.07) is 23.9. The van der Waals surface area contributed by atoms with E-state index < -0.39 is 0 Å². The van der Waals surface area contributed by atoms with E-state index in [-0.39, 0.29) is 0 Å². The number of benzene rings is 3. The molecule has 2 aliphatic rings. The second kappa shape index (κ2) is 13.2. The molecule has 2 N–H and O–H groups in total. The summed E-state index contributed by atoms with van der Waals surface area (Å²) in [5.74, 6) is 0. The van der Waals surface area contributed by atoms with Crippen LogP contribution in [0.1, 0.15) is 49.1 Å². The molecule has 0 radical (unpaired) electrons. The van der Waals surface area contributed by atoms with Gasteiger partial charge in [0.05, 0.1) is 15.7 Å². The predicted molar refractivity (Wildman–Crippen MR) is 182 cm³/mol. The molecule has 1 fully saturated rings. The van der Waals surface area contributed by atoms with Crippen molar-refractivity contribution in [3.05, 3.63) is 111 Å². The number of nitrogens with one attached hydrogen (secondary N) is 2. The molecule has 4 nitrogen and oxygen atoms in total. The van der Waals surface area contributed by atoms with Gasteiger partial charge in [0, 0.05) is 65.9 Å². The Morgan fingerprint density at radius 2 is 1.65 bits per heavy atom. The quantitative estimate of drug-likeness (QED) is 0.199. The minimum absolute atomic E-state index is 0.454. The predicted octanol–water partition coefficient (Wildman–Crippen LogP) is 8.69. The van der Waals surface area contributed by atoms with Crippen molar-refractivity contribution in [2.24, 2.45) is 0 Å². The molecule has 4 aromatic rings. The Labute approximate surface area is 266 Å². The summed E-state index contributed by atoms with van der Waals surface area (Å²) in [6.07, 6.45) is 4.12. The third-order valence-electron chi connectivity index (χ3n) is 8.93. The Hall–Kier alpha value is -3.15. The fraction of sp³-hybridized carbons (Fsp3) is 0.324. The van der Waals surface area contributed by atoms with Crippen LogP contribution in [0.15, 0.2) is 79.0 Å². The van der Waals surface area contributed by atoms with Gasteiger partial charge in [0.2, 0.25) is 0 Å². The minimum atomic E-state index is 0.454. The van der Waals surface area contributed by atoms with Gasteiger partial charge in [-0.25, -0.2) is 0 Å². The zero-order chi connectivity index (χ0) is 29.9. The lowest BCUT2D eigenvalue weighted by molar-refractivity contribution is 0.268. The minimum Gasteiger partial charge on any atom is -0.385 e. The monoisotopic (exact) mass is 610 g/mol. The molecule has 1 saturated heterocycles. The van der Waals surface area contributed by atoms with Crippen molar-refractivity contribution >= 4 is 23.2 Å². The summed E-state index contributed by atoms with van der Waals surface area (Å²) in [7, 11) is 0. The summed E-state index contributed by atoms with van der Waals surface area (Å²) < 4.78 is 0. The van der Waals surface area contributed by atoms with Crippen molar-refractivity contribution in [3.63, 3.8) is 0 Å². The number of allylic oxidation sites excluding steroid dienone is 1. The summed E-state index contributed by atoms with van der Waals surface area (Å²) in [6.45, 7) is 13.3. The number of halogens is 2. The molecule has 1 aromatic heterocycles. The maximum Gasteiger partial charge on any atom is 0.0720 e. The van der Waals surface area contributed by atoms with Crippen molar-refractivity contribution in [2.45, 2.75) is 58.7 Å². The van der Waals surface area contributed by atoms with Crippen LogP contribution in [0.3, 0.4) is 0 Å². The first-order valence-corrected chi connectivity index (χ1v) is 16.3. The molecule has 3 heterocycles. The van der Waals surface area contributed by atoms with Gasteiger partial charge in [-0.3, -0.25) is 9.88 Å². The molecule has 2 aliphatic heterocycles. The number of hydrogen-bond acceptors (Lipinski definition) is 4. The molecule has 6 rings (SSSR count). The number of aromatic nitrogens is 1. The number of likely N-dealkylation sites (N-methyl/N-ethyl adjacent to an activating group) is 1. The fourth-order valence-electron chi connectivity index (χ4n) is 6.41. The molecule has 0 aliphatic carbocycles. The second-order valence-corrected chi connectivity index (χ2v) is 12.5. The highest BCUT2D eigenvalue weighted by atomic mass is 35.5. The number of rotatable bonds is 9. The summed E-state index contributed by atoms with van der Waals surface area (Å²) >= 11 is 14.3. The Kier molecular flexibility index (Phi) is 9.20. The first-order valence-electron chi connectivity index (χ1n) is 15.5. The van der Waals surface area contributed by atoms with Crippen LogP contribution in [-0.4, -0.2) is 35.6 Å². The number of aryl methyl sites for hydroxylation is 1. The summed E-state index contributed by atoms with van der Waals surface area (Å²) in [5.41, 5.74) is 12.1. The first-order chi connectivity index (χ1) is 20.9. The zero-order valence-corrected chi connectivity index (χ0v) is 26.7. The lowest BCUT2D eigenvalue weighted by Crippen LogP contribution is -2.33. The highest BCUT2D eigenvalue weighted by Gasteiger charge is 2.20. The first kappa shape index (κ1) is 29.9. The van der Waals surface area contributed by atoms with E-state index in [9.17, 15) is 0 Å². The zero-order valence-electron chi connectivity index (χ0n) is 25.1. The van der Waals surface area contributed by atoms with Gasteiger partial charge in [0.15, 0.2) is 0 Å². The molecule has 6 heteroatoms. The van der Waals surface area contributed by atoms with Crippen LogP contribution in [0.2, 0.25) is 10.0 Å². The fourth-order valence-corrected chi connectivity index (χ4v) is 7.07. The Bertz CT molecular complexity index is 1650. The maximum absolute atomic E-state index is 7.15. The van der Waals surface area contributed by atoms with Crippen molar-refractivity contribution in [1.29, 1.82) is 0 Å². The number of hydrogen-bond donors (Lipinski definition) is 2. The summed E-state index contributed by atoms with van der Waals surface area (Å²) in [5, 5.41) is 8.44. The maximum atomic E-state index is 7.15. The molecule has 1 atom stereocenters. The third-order valence-corrected chi connectivity index (χ3v) is 9.75. The van der Waals surface area contributed by atoms with Gasteiger partial charge in [0.25, 0.3) is 0 Å². The van der Waals surface area contributed by atoms with Gasteiger partial charge in [-0.05, 0) is 60.5 Å². The van der Waals surface area contributed by atoms with Crippen molar-refractivity contribution in [1.82, 2.24) is 20.5 Å². The SMILES string of the molecule is C=C1CCC(CNCc2ccc(-c3cccc(-c4cccc(-c5ccc6c(c5)CCN(CC)C6)c4Cl)c3Cl)nc2CC)N1. The van der Waals surface area contributed by atoms with Crippen LogP contribution in [0.4, 0.5) is 0 Å². The summed E-state index contributed by atoms with van der Waals surface area (Å²) in [4.78, 5) is 7.56. The van der Waals surface area contributed by atoms with Gasteiger partial charge in [-0.15, -0.1) is 0 Å². The van der Waals surface area contributed by atoms with E-state index in [4.69, 9.17) is 28.2 Å². The van der Waals surface area contributed by atoms with Gasteiger partial charge in [-0.2, -0.15) is 0 Å². The molecule has 43 heavy (non-hydrogen) atoms. The number of fused-ring (bicyclic) bond motifs is 1. The average Bonchev–Trinajstić information content (AvgIpc) is 3.45. The molecular weight excluding hydrogens is 571 g/mol. The lowest BCUT2D eigenvalue weighted by atomic mass is 9.92. The molecule has 0 spiro atoms. The van der Waals surface area contributed by atoms with Crippen LogP contribution in [-0.2, 0) is 25.9 Å². The largest absolute Gasteiger partial charge is 0.385 e. The Morgan fingerprint density at radius 3 is 2.37 bits per heavy atom. The van der Waals surface area contributed by atoms with Gasteiger partial charge in [0.1, 0.15) is 0 Å². The number of nitrogens with zero attached hydrogens (tertiary/aromatic N) is 2. The van der Waals surface area contributed by atoms with E-state index in [1.54, 1.807) is 0 Å². The van der Waals surface area contributed by atoms with Gasteiger partial charge < -0.3 is 10.6 Å². The van der Waals surface area contributed by atoms with E-state index in [1.807, 2.05) is 18.2 Å². The Morgan fingerprint density at radius 1 is 0.907 bits per heavy atom. The van der Waals surface area contributed by atoms with Crippen molar-refractivity contribution in [2.75, 3.05) is 19.6 Å². The average molecular weight is 612 g/mol. The highest BCUT2D eigenvalue weighted by molar-refractivity contribution is 6.39. The molecule has 0 bridgehead atoms. The third kappa shape index (κ3) is 6.39. The molecule has 3 aromatic carbocycles. The van der Waals surface area contributed by atoms with Crippen LogP contribution in [0.5, 0.6) is 0 Å². The Balaban J connectivity index is 1.26. The van der Waals surface area contributed by atoms with Crippen LogP contribution < -0.4 is 10.6 Å². The van der Waals surface area contributed by atoms with Crippen LogP contribution in [0.25, 0.3) is 33.5 Å². The molecule has 222 valence electrons. The molecule has 0 saturated carbocycles. The van der Waals surface area contributed by atoms with Crippen molar-refractivity contribution in [3.8, 4) is 33.5 Å². The molecule has 1 unspecified atom stereocenters. The smallest absolute Gasteiger partial charge is 0.0720 e. The topological polar surface area (TPSA) is 40.2 Å². The highest BCUT2D eigenvalue weighted by Crippen LogP contribution is 2.42. The van der Waals surface area contributed by atoms with E-state index >= 15 is 0 Å². The molecule has 0 amide bonds.